The monoisotopic (exact) mass is 1190 g/mol. The molecular weight excluding hydrogens is 1130 g/mol. The van der Waals surface area contributed by atoms with Crippen molar-refractivity contribution < 1.29 is 52.3 Å². The van der Waals surface area contributed by atoms with E-state index in [1.807, 2.05) is 14.0 Å². The van der Waals surface area contributed by atoms with Gasteiger partial charge in [0.15, 0.2) is 23.0 Å². The van der Waals surface area contributed by atoms with Gasteiger partial charge in [-0.25, -0.2) is 0 Å². The number of fused-ring (bicyclic) bond motifs is 4. The van der Waals surface area contributed by atoms with E-state index < -0.39 is 16.8 Å². The van der Waals surface area contributed by atoms with Crippen molar-refractivity contribution in [3.63, 3.8) is 0 Å². The average Bonchev–Trinajstić information content (AvgIpc) is 3.79. The molecule has 4 spiro atoms. The SMILES string of the molecule is C.COC12CCC3(CC1C(C)(O)C(C)(C)C)C1Cc4ccc(O)c5c4C3(CCN1C)C2O5.COC12CCC3(CC1C(C)=O)C1Cc4ccc(O)c5c4C3(CCN1C)C2O5.I[I-]I. The van der Waals surface area contributed by atoms with Gasteiger partial charge in [-0.1, -0.05) is 40.3 Å². The van der Waals surface area contributed by atoms with Gasteiger partial charge in [0.05, 0.1) is 11.5 Å². The van der Waals surface area contributed by atoms with Crippen molar-refractivity contribution in [3.8, 4) is 23.0 Å². The van der Waals surface area contributed by atoms with Crippen molar-refractivity contribution in [2.24, 2.45) is 28.1 Å². The number of hydrogen-bond acceptors (Lipinski definition) is 10. The van der Waals surface area contributed by atoms with Gasteiger partial charge in [0, 0.05) is 65.0 Å². The Labute approximate surface area is 398 Å². The van der Waals surface area contributed by atoms with Crippen LogP contribution < -0.4 is 22.7 Å². The van der Waals surface area contributed by atoms with Crippen LogP contribution in [0.5, 0.6) is 23.0 Å². The van der Waals surface area contributed by atoms with E-state index in [1.165, 1.54) is 22.3 Å². The number of carbonyl (C=O) groups is 1. The van der Waals surface area contributed by atoms with Crippen LogP contribution in [0.2, 0.25) is 0 Å². The number of aliphatic hydroxyl groups is 1. The summed E-state index contributed by atoms with van der Waals surface area (Å²) in [6.45, 7) is 12.2. The number of ketones is 1. The quantitative estimate of drug-likeness (QED) is 0.341. The molecule has 13 atom stereocenters. The second-order valence-corrected chi connectivity index (χ2v) is 38.2. The molecule has 3 N–H and O–H groups in total. The number of likely N-dealkylation sites (tertiary alicyclic amines) is 2. The fourth-order valence-corrected chi connectivity index (χ4v) is 17.0. The number of hydrogen-bond donors (Lipinski definition) is 3. The van der Waals surface area contributed by atoms with Crippen LogP contribution in [0.3, 0.4) is 0 Å². The number of aromatic hydroxyl groups is 2. The number of Topliss-reactive ketones (excluding diaryl/α,β-unsaturated/α-hetero) is 1. The molecule has 0 aromatic heterocycles. The first kappa shape index (κ1) is 46.4. The summed E-state index contributed by atoms with van der Waals surface area (Å²) < 4.78 is 26.1. The zero-order chi connectivity index (χ0) is 43.7. The second-order valence-electron chi connectivity index (χ2n) is 21.9. The number of nitrogens with zero attached hydrogens (tertiary/aromatic N) is 2. The van der Waals surface area contributed by atoms with Gasteiger partial charge in [-0.3, -0.25) is 4.79 Å². The van der Waals surface area contributed by atoms with Crippen LogP contribution in [0.1, 0.15) is 116 Å². The Morgan fingerprint density at radius 3 is 1.63 bits per heavy atom. The summed E-state index contributed by atoms with van der Waals surface area (Å²) >= 11 is 5.30. The summed E-state index contributed by atoms with van der Waals surface area (Å²) in [5, 5.41) is 33.5. The van der Waals surface area contributed by atoms with E-state index in [2.05, 4.69) is 94.0 Å². The fraction of sp³-hybridized carbons (Fsp3) is 0.735. The van der Waals surface area contributed by atoms with Crippen LogP contribution in [0, 0.1) is 28.1 Å². The summed E-state index contributed by atoms with van der Waals surface area (Å²) in [5.41, 5.74) is 2.52. The van der Waals surface area contributed by atoms with E-state index in [4.69, 9.17) is 18.9 Å². The minimum absolute atomic E-state index is 0. The van der Waals surface area contributed by atoms with Gasteiger partial charge < -0.3 is 44.1 Å². The molecule has 13 unspecified atom stereocenters. The molecule has 8 aliphatic carbocycles. The van der Waals surface area contributed by atoms with E-state index in [1.54, 1.807) is 26.2 Å². The van der Waals surface area contributed by atoms with Crippen LogP contribution in [-0.4, -0.2) is 113 Å². The average molecular weight is 1190 g/mol. The van der Waals surface area contributed by atoms with Crippen molar-refractivity contribution in [3.05, 3.63) is 46.5 Å². The zero-order valence-corrected chi connectivity index (χ0v) is 43.6. The molecule has 14 rings (SSSR count). The molecular formula is C49H68I3N2O8-. The molecule has 2 aromatic carbocycles. The molecule has 10 nitrogen and oxygen atoms in total. The Kier molecular flexibility index (Phi) is 11.2. The third-order valence-corrected chi connectivity index (χ3v) is 19.9. The fourth-order valence-electron chi connectivity index (χ4n) is 17.0. The molecule has 344 valence electrons. The van der Waals surface area contributed by atoms with Gasteiger partial charge in [-0.15, -0.1) is 0 Å². The number of phenolic OH excluding ortho intramolecular Hbond substituents is 2. The Morgan fingerprint density at radius 1 is 0.758 bits per heavy atom. The first-order chi connectivity index (χ1) is 28.8. The number of methoxy groups -OCH3 is 2. The Morgan fingerprint density at radius 2 is 1.19 bits per heavy atom. The third kappa shape index (κ3) is 5.23. The Balaban J connectivity index is 0.000000148. The van der Waals surface area contributed by atoms with Gasteiger partial charge in [0.2, 0.25) is 0 Å². The molecule has 0 amide bonds. The van der Waals surface area contributed by atoms with Gasteiger partial charge >= 0.3 is 50.5 Å². The van der Waals surface area contributed by atoms with E-state index in [9.17, 15) is 20.1 Å². The molecule has 62 heavy (non-hydrogen) atoms. The summed E-state index contributed by atoms with van der Waals surface area (Å²) in [4.78, 5) is 17.8. The summed E-state index contributed by atoms with van der Waals surface area (Å²) in [5.74, 6) is 1.87. The topological polar surface area (TPSA) is 121 Å². The number of rotatable bonds is 4. The molecule has 13 heteroatoms. The molecule has 2 aromatic rings. The van der Waals surface area contributed by atoms with Crippen LogP contribution in [0.15, 0.2) is 24.3 Å². The molecule has 8 fully saturated rings. The predicted molar refractivity (Wildman–Crippen MR) is 252 cm³/mol. The molecule has 0 radical (unpaired) electrons. The number of ether oxygens (including phenoxy) is 4. The first-order valence-electron chi connectivity index (χ1n) is 22.4. The maximum atomic E-state index is 12.8. The molecule has 2 saturated heterocycles. The number of likely N-dealkylation sites (N-methyl/N-ethyl adjacent to an activating group) is 2. The van der Waals surface area contributed by atoms with Crippen molar-refractivity contribution in [1.82, 2.24) is 9.80 Å². The summed E-state index contributed by atoms with van der Waals surface area (Å²) in [6.07, 6.45) is 9.32. The van der Waals surface area contributed by atoms with Crippen molar-refractivity contribution in [2.75, 3.05) is 41.4 Å². The molecule has 4 aliphatic heterocycles. The van der Waals surface area contributed by atoms with Crippen LogP contribution in [0.25, 0.3) is 0 Å². The predicted octanol–water partition coefficient (Wildman–Crippen LogP) is 5.47. The van der Waals surface area contributed by atoms with Gasteiger partial charge in [-0.2, -0.15) is 0 Å². The van der Waals surface area contributed by atoms with E-state index in [0.29, 0.717) is 36.8 Å². The van der Waals surface area contributed by atoms with Crippen molar-refractivity contribution >= 4 is 43.0 Å². The molecule has 12 aliphatic rings. The van der Waals surface area contributed by atoms with Crippen molar-refractivity contribution in [2.45, 2.75) is 158 Å². The number of halogens is 3. The van der Waals surface area contributed by atoms with Crippen molar-refractivity contribution in [1.29, 1.82) is 0 Å². The number of carbonyl (C=O) groups excluding carboxylic acids is 1. The Hall–Kier alpha value is -0.700. The van der Waals surface area contributed by atoms with Crippen LogP contribution in [-0.2, 0) is 37.9 Å². The maximum absolute atomic E-state index is 12.8. The molecule has 6 saturated carbocycles. The van der Waals surface area contributed by atoms with E-state index in [-0.39, 0.29) is 75.8 Å². The normalized spacial score (nSPS) is 42.7. The minimum atomic E-state index is -0.911. The summed E-state index contributed by atoms with van der Waals surface area (Å²) in [7, 11) is 8.06. The third-order valence-electron chi connectivity index (χ3n) is 19.9. The van der Waals surface area contributed by atoms with E-state index in [0.717, 1.165) is 77.3 Å². The van der Waals surface area contributed by atoms with Gasteiger partial charge in [0.25, 0.3) is 0 Å². The van der Waals surface area contributed by atoms with Gasteiger partial charge in [-0.05, 0) is 134 Å². The Bertz CT molecular complexity index is 2180. The van der Waals surface area contributed by atoms with Gasteiger partial charge in [0.1, 0.15) is 29.2 Å². The van der Waals surface area contributed by atoms with Crippen LogP contribution in [0.4, 0.5) is 0 Å². The number of benzene rings is 2. The zero-order valence-electron chi connectivity index (χ0n) is 37.2. The number of phenols is 2. The van der Waals surface area contributed by atoms with Crippen LogP contribution >= 0.6 is 37.2 Å². The molecule has 8 bridgehead atoms. The second kappa shape index (κ2) is 14.9. The number of piperidine rings is 2. The molecule has 4 heterocycles. The standard InChI is InChI=1S/C26H37NO4.C22H27NO4.CH4.I3/c1-22(2,3)23(4,29)17-14-24-9-10-26(17,30-6)21-25(24)11-12-27(5)18(24)13-15-7-8-16(28)20(31-21)19(15)25;1-12(24)14-11-20-6-7-22(14,26-3)19-21(20)8-9-23(2)16(20)10-13-4-5-15(25)18(27-19)17(13)21;;1-3-2/h7-8,17-18,21,28-29H,9-14H2,1-6H3;4-5,14,16,19,25H,6-11H2,1-3H3;1H4;/q;;;-1. The van der Waals surface area contributed by atoms with E-state index >= 15 is 0 Å². The first-order valence-corrected chi connectivity index (χ1v) is 35.0. The summed E-state index contributed by atoms with van der Waals surface area (Å²) in [6, 6.07) is 8.62.